The maximum atomic E-state index is 11.1. The Labute approximate surface area is 630 Å². The van der Waals surface area contributed by atoms with Crippen LogP contribution in [0.3, 0.4) is 0 Å². The summed E-state index contributed by atoms with van der Waals surface area (Å²) in [6, 6.07) is 65.0. The molecule has 0 bridgehead atoms. The topological polar surface area (TPSA) is 67.3 Å². The molecule has 0 fully saturated rings. The van der Waals surface area contributed by atoms with Gasteiger partial charge >= 0.3 is 0 Å². The minimum atomic E-state index is -0.335. The van der Waals surface area contributed by atoms with Crippen LogP contribution in [-0.4, -0.2) is 18.3 Å². The van der Waals surface area contributed by atoms with Crippen LogP contribution in [0.5, 0.6) is 0 Å². The lowest BCUT2D eigenvalue weighted by Crippen LogP contribution is -2.23. The lowest BCUT2D eigenvalue weighted by atomic mass is 9.74. The predicted octanol–water partition coefficient (Wildman–Crippen LogP) is 27.3. The van der Waals surface area contributed by atoms with Gasteiger partial charge in [0.15, 0.2) is 0 Å². The molecule has 6 heteroatoms. The number of hydrogen-bond donors (Lipinski definition) is 0. The van der Waals surface area contributed by atoms with Gasteiger partial charge in [0.2, 0.25) is 0 Å². The van der Waals surface area contributed by atoms with Crippen LogP contribution in [0.2, 0.25) is 0 Å². The monoisotopic (exact) mass is 1390 g/mol. The minimum Gasteiger partial charge on any atom is -0.307 e. The fourth-order valence-corrected chi connectivity index (χ4v) is 16.9. The van der Waals surface area contributed by atoms with Gasteiger partial charge < -0.3 is 18.3 Å². The van der Waals surface area contributed by atoms with Crippen LogP contribution in [0.15, 0.2) is 176 Å². The number of nitrogens with zero attached hydrogens (tertiary/aromatic N) is 6. The molecule has 0 saturated heterocycles. The van der Waals surface area contributed by atoms with Crippen LogP contribution >= 0.6 is 0 Å². The lowest BCUT2D eigenvalue weighted by molar-refractivity contribution is 0.291. The second-order valence-electron chi connectivity index (χ2n) is 39.4. The van der Waals surface area contributed by atoms with Gasteiger partial charge in [-0.05, 0) is 221 Å². The van der Waals surface area contributed by atoms with Gasteiger partial charge in [0.1, 0.15) is 0 Å². The summed E-state index contributed by atoms with van der Waals surface area (Å²) in [6.07, 6.45) is 13.2. The quantitative estimate of drug-likeness (QED) is 0.166. The summed E-state index contributed by atoms with van der Waals surface area (Å²) in [5.74, 6) is -0.0819. The van der Waals surface area contributed by atoms with Crippen molar-refractivity contribution < 1.29 is 0 Å². The smallest absolute Gasteiger partial charge is 0.0991 e. The van der Waals surface area contributed by atoms with Crippen molar-refractivity contribution >= 4 is 88.0 Å². The van der Waals surface area contributed by atoms with E-state index in [1.165, 1.54) is 82.2 Å². The first kappa shape index (κ1) is 71.7. The highest BCUT2D eigenvalue weighted by Crippen LogP contribution is 2.56. The first-order valence-corrected chi connectivity index (χ1v) is 38.7. The molecule has 0 radical (unpaired) electrons. The Morgan fingerprint density at radius 1 is 0.330 bits per heavy atom. The Bertz CT molecular complexity index is 5820. The zero-order chi connectivity index (χ0) is 76.0. The Hall–Kier alpha value is -9.88. The van der Waals surface area contributed by atoms with Crippen LogP contribution < -0.4 is 0 Å². The molecule has 106 heavy (non-hydrogen) atoms. The van der Waals surface area contributed by atoms with Gasteiger partial charge in [-0.15, -0.1) is 0 Å². The average molecular weight is 1390 g/mol. The van der Waals surface area contributed by atoms with Crippen LogP contribution in [-0.2, 0) is 44.3 Å². The first-order valence-electron chi connectivity index (χ1n) is 38.7. The zero-order valence-corrected chi connectivity index (χ0v) is 67.6. The fraction of sp³-hybridized carbons (Fsp3) is 0.360. The van der Waals surface area contributed by atoms with Crippen molar-refractivity contribution in [2.45, 2.75) is 217 Å². The number of nitriles is 2. The molecule has 2 aliphatic rings. The van der Waals surface area contributed by atoms with Crippen LogP contribution in [0.4, 0.5) is 0 Å². The SMILES string of the molecule is CC(C)(C)c1ccc2c(c1)c1c(n2-c2c(C3=CCC(C#N)C=C3)c(-n3c4ccc(C(C)(C)C)cc4c4cc(C(C)(C)C)ccc43)c(-n3c4ccc(C(C)(C)C)cc4c4cc(C(C)(C)C)ccc43)c(-c3ccc(C#N)cc3)c2-n2c3ccc(C(C)(C)C)cc3c3cc(C(C)(C)C)ccc32)C=CC(C(C)(C)C)C1. The van der Waals surface area contributed by atoms with Gasteiger partial charge in [0.05, 0.1) is 85.0 Å². The Morgan fingerprint density at radius 2 is 0.632 bits per heavy atom. The van der Waals surface area contributed by atoms with E-state index in [0.29, 0.717) is 12.0 Å². The first-order chi connectivity index (χ1) is 49.5. The molecule has 15 rings (SSSR count). The summed E-state index contributed by atoms with van der Waals surface area (Å²) in [7, 11) is 0. The third-order valence-electron chi connectivity index (χ3n) is 23.6. The molecule has 6 nitrogen and oxygen atoms in total. The van der Waals surface area contributed by atoms with Crippen LogP contribution in [0, 0.1) is 39.9 Å². The minimum absolute atomic E-state index is 0.0340. The highest BCUT2D eigenvalue weighted by atomic mass is 15.1. The largest absolute Gasteiger partial charge is 0.307 e. The Morgan fingerprint density at radius 3 is 0.915 bits per heavy atom. The van der Waals surface area contributed by atoms with E-state index in [4.69, 9.17) is 0 Å². The van der Waals surface area contributed by atoms with E-state index in [0.717, 1.165) is 95.7 Å². The molecule has 2 unspecified atom stereocenters. The molecule has 9 aromatic carbocycles. The average Bonchev–Trinajstić information content (AvgIpc) is 1.46. The summed E-state index contributed by atoms with van der Waals surface area (Å²) >= 11 is 0. The van der Waals surface area contributed by atoms with E-state index < -0.39 is 0 Å². The Balaban J connectivity index is 1.34. The summed E-state index contributed by atoms with van der Waals surface area (Å²) in [4.78, 5) is 0. The van der Waals surface area contributed by atoms with Gasteiger partial charge in [0.25, 0.3) is 0 Å². The summed E-state index contributed by atoms with van der Waals surface area (Å²) in [5, 5.41) is 30.5. The van der Waals surface area contributed by atoms with E-state index in [9.17, 15) is 10.5 Å². The molecule has 0 spiro atoms. The number of fused-ring (bicyclic) bond motifs is 12. The summed E-state index contributed by atoms with van der Waals surface area (Å²) in [5.41, 5.74) is 26.5. The van der Waals surface area contributed by atoms with Gasteiger partial charge in [-0.1, -0.05) is 245 Å². The van der Waals surface area contributed by atoms with Crippen molar-refractivity contribution in [2.24, 2.45) is 17.3 Å². The van der Waals surface area contributed by atoms with E-state index in [2.05, 4.69) is 366 Å². The standard InChI is InChI=1S/C100H108N6/c1-93(2,3)63-33-41-79-71(49-63)72-50-64(94(4,5)6)34-42-80(72)103(79)89-87(61-29-25-59(57-101)26-30-61)91(105-83-45-37-67(97(13,14)15)53-75(83)76-54-68(98(16,17)18)38-46-84(76)105)92(106-85-47-39-69(99(19,20)21)55-77(85)78-56-70(100(22,23)24)40-48-86(78)106)88(62-31-27-60(58-102)28-32-62)90(89)104-81-43-35-65(95(7,8)9)51-73(81)74-52-66(96(10,11)12)36-44-82(74)104/h25-27,29-55,60,70H,28,56H2,1-24H3. The second kappa shape index (κ2) is 24.3. The second-order valence-corrected chi connectivity index (χ2v) is 39.4. The van der Waals surface area contributed by atoms with Crippen molar-refractivity contribution in [1.82, 2.24) is 18.3 Å². The molecule has 0 aliphatic heterocycles. The van der Waals surface area contributed by atoms with Crippen molar-refractivity contribution in [3.05, 3.63) is 237 Å². The highest BCUT2D eigenvalue weighted by Gasteiger charge is 2.40. The maximum absolute atomic E-state index is 11.1. The number of benzene rings is 9. The number of rotatable bonds is 6. The highest BCUT2D eigenvalue weighted by molar-refractivity contribution is 6.17. The third kappa shape index (κ3) is 11.9. The molecule has 0 saturated carbocycles. The molecule has 2 aliphatic carbocycles. The lowest BCUT2D eigenvalue weighted by Gasteiger charge is -2.33. The van der Waals surface area contributed by atoms with Crippen molar-refractivity contribution in [3.8, 4) is 46.0 Å². The number of hydrogen-bond acceptors (Lipinski definition) is 2. The molecular weight excluding hydrogens is 1290 g/mol. The Kier molecular flexibility index (Phi) is 16.5. The van der Waals surface area contributed by atoms with Crippen LogP contribution in [0.1, 0.15) is 234 Å². The molecule has 2 atom stereocenters. The van der Waals surface area contributed by atoms with E-state index >= 15 is 0 Å². The predicted molar refractivity (Wildman–Crippen MR) is 454 cm³/mol. The van der Waals surface area contributed by atoms with E-state index in [1.54, 1.807) is 0 Å². The van der Waals surface area contributed by atoms with E-state index in [-0.39, 0.29) is 55.2 Å². The summed E-state index contributed by atoms with van der Waals surface area (Å²) in [6.45, 7) is 56.2. The van der Waals surface area contributed by atoms with Crippen molar-refractivity contribution in [1.29, 1.82) is 10.5 Å². The van der Waals surface area contributed by atoms with E-state index in [1.807, 2.05) is 12.1 Å². The maximum Gasteiger partial charge on any atom is 0.0991 e. The molecule has 0 N–H and O–H groups in total. The summed E-state index contributed by atoms with van der Waals surface area (Å²) < 4.78 is 10.7. The van der Waals surface area contributed by atoms with Crippen LogP contribution in [0.25, 0.3) is 122 Å². The van der Waals surface area contributed by atoms with Gasteiger partial charge in [-0.3, -0.25) is 0 Å². The third-order valence-corrected chi connectivity index (χ3v) is 23.6. The molecule has 4 aromatic heterocycles. The van der Waals surface area contributed by atoms with Gasteiger partial charge in [0, 0.05) is 54.5 Å². The molecule has 13 aromatic rings. The number of allylic oxidation sites excluding steroid dienone is 5. The molecule has 538 valence electrons. The molecular formula is C100H108N6. The normalized spacial score (nSPS) is 15.8. The molecule has 0 amide bonds. The fourth-order valence-electron chi connectivity index (χ4n) is 16.9. The zero-order valence-electron chi connectivity index (χ0n) is 67.6. The molecule has 4 heterocycles. The van der Waals surface area contributed by atoms with Crippen molar-refractivity contribution in [3.63, 3.8) is 0 Å². The van der Waals surface area contributed by atoms with Crippen molar-refractivity contribution in [2.75, 3.05) is 0 Å². The van der Waals surface area contributed by atoms with Gasteiger partial charge in [-0.25, -0.2) is 0 Å². The number of aromatic nitrogens is 4. The van der Waals surface area contributed by atoms with Gasteiger partial charge in [-0.2, -0.15) is 10.5 Å².